The van der Waals surface area contributed by atoms with Gasteiger partial charge in [-0.3, -0.25) is 4.79 Å². The van der Waals surface area contributed by atoms with Crippen LogP contribution in [0.4, 0.5) is 0 Å². The van der Waals surface area contributed by atoms with Crippen molar-refractivity contribution < 1.29 is 14.3 Å². The number of benzene rings is 1. The van der Waals surface area contributed by atoms with Gasteiger partial charge in [-0.2, -0.15) is 0 Å². The van der Waals surface area contributed by atoms with E-state index in [0.717, 1.165) is 5.75 Å². The molecule has 0 bridgehead atoms. The van der Waals surface area contributed by atoms with E-state index in [2.05, 4.69) is 0 Å². The highest BCUT2D eigenvalue weighted by molar-refractivity contribution is 5.71. The van der Waals surface area contributed by atoms with E-state index in [9.17, 15) is 4.79 Å². The van der Waals surface area contributed by atoms with Crippen LogP contribution in [0, 0.1) is 0 Å². The first kappa shape index (κ1) is 11.6. The zero-order valence-electron chi connectivity index (χ0n) is 9.32. The average Bonchev–Trinajstić information content (AvgIpc) is 2.20. The Morgan fingerprint density at radius 3 is 2.20 bits per heavy atom. The number of hydrogen-bond donors (Lipinski definition) is 0. The second-order valence-electron chi connectivity index (χ2n) is 3.47. The minimum atomic E-state index is -0.229. The van der Waals surface area contributed by atoms with Gasteiger partial charge in [-0.15, -0.1) is 0 Å². The summed E-state index contributed by atoms with van der Waals surface area (Å²) in [6.07, 6.45) is 0.526. The van der Waals surface area contributed by atoms with Crippen LogP contribution in [0.25, 0.3) is 0 Å². The molecule has 0 aliphatic rings. The largest absolute Gasteiger partial charge is 0.491 e. The van der Waals surface area contributed by atoms with Crippen molar-refractivity contribution in [3.8, 4) is 11.5 Å². The van der Waals surface area contributed by atoms with Crippen LogP contribution in [0.15, 0.2) is 24.3 Å². The molecule has 1 aromatic carbocycles. The Kier molecular flexibility index (Phi) is 4.16. The fraction of sp³-hybridized carbons (Fsp3) is 0.417. The van der Waals surface area contributed by atoms with Crippen molar-refractivity contribution in [3.63, 3.8) is 0 Å². The van der Waals surface area contributed by atoms with Crippen molar-refractivity contribution in [2.24, 2.45) is 0 Å². The maximum absolute atomic E-state index is 11.0. The molecule has 0 saturated carbocycles. The SMILES string of the molecule is CCC(=O)Oc1ccc(OC(C)C)cc1. The summed E-state index contributed by atoms with van der Waals surface area (Å²) in [5, 5.41) is 0. The van der Waals surface area contributed by atoms with Crippen molar-refractivity contribution in [1.82, 2.24) is 0 Å². The van der Waals surface area contributed by atoms with Crippen LogP contribution in [0.3, 0.4) is 0 Å². The maximum Gasteiger partial charge on any atom is 0.310 e. The minimum absolute atomic E-state index is 0.147. The van der Waals surface area contributed by atoms with Crippen molar-refractivity contribution in [3.05, 3.63) is 24.3 Å². The zero-order chi connectivity index (χ0) is 11.3. The highest BCUT2D eigenvalue weighted by atomic mass is 16.5. The summed E-state index contributed by atoms with van der Waals surface area (Å²) in [5.41, 5.74) is 0. The third-order valence-electron chi connectivity index (χ3n) is 1.72. The second-order valence-corrected chi connectivity index (χ2v) is 3.47. The molecule has 0 unspecified atom stereocenters. The van der Waals surface area contributed by atoms with E-state index in [1.165, 1.54) is 0 Å². The van der Waals surface area contributed by atoms with Crippen molar-refractivity contribution in [2.75, 3.05) is 0 Å². The minimum Gasteiger partial charge on any atom is -0.491 e. The van der Waals surface area contributed by atoms with Gasteiger partial charge in [0.15, 0.2) is 0 Å². The first-order valence-electron chi connectivity index (χ1n) is 5.09. The number of rotatable bonds is 4. The van der Waals surface area contributed by atoms with Crippen molar-refractivity contribution in [2.45, 2.75) is 33.3 Å². The molecule has 0 spiro atoms. The van der Waals surface area contributed by atoms with Gasteiger partial charge < -0.3 is 9.47 Å². The second kappa shape index (κ2) is 5.39. The van der Waals surface area contributed by atoms with E-state index in [4.69, 9.17) is 9.47 Å². The fourth-order valence-electron chi connectivity index (χ4n) is 1.06. The molecule has 1 aromatic rings. The molecule has 0 aromatic heterocycles. The molecule has 0 fully saturated rings. The monoisotopic (exact) mass is 208 g/mol. The summed E-state index contributed by atoms with van der Waals surface area (Å²) in [4.78, 5) is 11.0. The molecule has 1 rings (SSSR count). The topological polar surface area (TPSA) is 35.5 Å². The highest BCUT2D eigenvalue weighted by Gasteiger charge is 2.02. The van der Waals surface area contributed by atoms with Gasteiger partial charge in [-0.05, 0) is 38.1 Å². The predicted molar refractivity (Wildman–Crippen MR) is 58.1 cm³/mol. The molecule has 82 valence electrons. The van der Waals surface area contributed by atoms with Gasteiger partial charge in [0.05, 0.1) is 6.10 Å². The first-order valence-corrected chi connectivity index (χ1v) is 5.09. The Balaban J connectivity index is 2.60. The van der Waals surface area contributed by atoms with Gasteiger partial charge in [0.2, 0.25) is 0 Å². The van der Waals surface area contributed by atoms with Crippen LogP contribution in [-0.2, 0) is 4.79 Å². The summed E-state index contributed by atoms with van der Waals surface area (Å²) in [5.74, 6) is 1.10. The Morgan fingerprint density at radius 2 is 1.73 bits per heavy atom. The van der Waals surface area contributed by atoms with Crippen LogP contribution in [-0.4, -0.2) is 12.1 Å². The van der Waals surface area contributed by atoms with Crippen LogP contribution in [0.1, 0.15) is 27.2 Å². The molecule has 0 N–H and O–H groups in total. The zero-order valence-corrected chi connectivity index (χ0v) is 9.32. The molecule has 0 saturated heterocycles. The summed E-state index contributed by atoms with van der Waals surface area (Å²) in [6, 6.07) is 7.03. The van der Waals surface area contributed by atoms with Crippen LogP contribution in [0.5, 0.6) is 11.5 Å². The van der Waals surface area contributed by atoms with Gasteiger partial charge in [-0.1, -0.05) is 6.92 Å². The summed E-state index contributed by atoms with van der Waals surface area (Å²) in [7, 11) is 0. The normalized spacial score (nSPS) is 10.1. The van der Waals surface area contributed by atoms with Crippen molar-refractivity contribution in [1.29, 1.82) is 0 Å². The lowest BCUT2D eigenvalue weighted by atomic mass is 10.3. The number of ether oxygens (including phenoxy) is 2. The third-order valence-corrected chi connectivity index (χ3v) is 1.72. The van der Waals surface area contributed by atoms with Gasteiger partial charge in [-0.25, -0.2) is 0 Å². The Morgan fingerprint density at radius 1 is 1.20 bits per heavy atom. The molecule has 3 heteroatoms. The van der Waals surface area contributed by atoms with E-state index in [1.807, 2.05) is 13.8 Å². The molecular formula is C12H16O3. The fourth-order valence-corrected chi connectivity index (χ4v) is 1.06. The third kappa shape index (κ3) is 4.02. The average molecular weight is 208 g/mol. The van der Waals surface area contributed by atoms with E-state index in [1.54, 1.807) is 31.2 Å². The van der Waals surface area contributed by atoms with E-state index in [0.29, 0.717) is 12.2 Å². The Hall–Kier alpha value is -1.51. The summed E-state index contributed by atoms with van der Waals surface area (Å²) < 4.78 is 10.5. The summed E-state index contributed by atoms with van der Waals surface area (Å²) in [6.45, 7) is 5.69. The Labute approximate surface area is 90.0 Å². The lowest BCUT2D eigenvalue weighted by Gasteiger charge is -2.09. The summed E-state index contributed by atoms with van der Waals surface area (Å²) >= 11 is 0. The lowest BCUT2D eigenvalue weighted by molar-refractivity contribution is -0.134. The van der Waals surface area contributed by atoms with E-state index in [-0.39, 0.29) is 12.1 Å². The number of hydrogen-bond acceptors (Lipinski definition) is 3. The molecule has 0 heterocycles. The van der Waals surface area contributed by atoms with Gasteiger partial charge in [0.25, 0.3) is 0 Å². The quantitative estimate of drug-likeness (QED) is 0.563. The number of esters is 1. The molecule has 0 aliphatic heterocycles. The number of carbonyl (C=O) groups is 1. The van der Waals surface area contributed by atoms with Crippen LogP contribution < -0.4 is 9.47 Å². The standard InChI is InChI=1S/C12H16O3/c1-4-12(13)15-11-7-5-10(6-8-11)14-9(2)3/h5-9H,4H2,1-3H3. The maximum atomic E-state index is 11.0. The molecular weight excluding hydrogens is 192 g/mol. The molecule has 15 heavy (non-hydrogen) atoms. The predicted octanol–water partition coefficient (Wildman–Crippen LogP) is 2.79. The van der Waals surface area contributed by atoms with Gasteiger partial charge >= 0.3 is 5.97 Å². The number of carbonyl (C=O) groups excluding carboxylic acids is 1. The van der Waals surface area contributed by atoms with Crippen LogP contribution >= 0.6 is 0 Å². The molecule has 3 nitrogen and oxygen atoms in total. The van der Waals surface area contributed by atoms with E-state index >= 15 is 0 Å². The highest BCUT2D eigenvalue weighted by Crippen LogP contribution is 2.18. The van der Waals surface area contributed by atoms with Gasteiger partial charge in [0, 0.05) is 6.42 Å². The first-order chi connectivity index (χ1) is 7.11. The molecule has 0 radical (unpaired) electrons. The van der Waals surface area contributed by atoms with Crippen LogP contribution in [0.2, 0.25) is 0 Å². The van der Waals surface area contributed by atoms with Gasteiger partial charge in [0.1, 0.15) is 11.5 Å². The lowest BCUT2D eigenvalue weighted by Crippen LogP contribution is -2.07. The molecule has 0 amide bonds. The smallest absolute Gasteiger partial charge is 0.310 e. The molecule has 0 aliphatic carbocycles. The molecule has 0 atom stereocenters. The van der Waals surface area contributed by atoms with Crippen molar-refractivity contribution >= 4 is 5.97 Å². The Bertz CT molecular complexity index is 314. The van der Waals surface area contributed by atoms with E-state index < -0.39 is 0 Å².